The highest BCUT2D eigenvalue weighted by Gasteiger charge is 2.31. The van der Waals surface area contributed by atoms with Gasteiger partial charge in [-0.1, -0.05) is 52.9 Å². The Kier molecular flexibility index (Phi) is 5.11. The second kappa shape index (κ2) is 5.89. The molecule has 2 unspecified atom stereocenters. The summed E-state index contributed by atoms with van der Waals surface area (Å²) in [6.45, 7) is 6.89. The Labute approximate surface area is 95.8 Å². The predicted molar refractivity (Wildman–Crippen MR) is 67.9 cm³/mol. The molecule has 1 aliphatic carbocycles. The van der Waals surface area contributed by atoms with Gasteiger partial charge in [0, 0.05) is 5.54 Å². The summed E-state index contributed by atoms with van der Waals surface area (Å²) < 4.78 is 0. The Morgan fingerprint density at radius 3 is 2.40 bits per heavy atom. The van der Waals surface area contributed by atoms with Gasteiger partial charge in [-0.2, -0.15) is 0 Å². The summed E-state index contributed by atoms with van der Waals surface area (Å²) in [7, 11) is 0. The van der Waals surface area contributed by atoms with Gasteiger partial charge >= 0.3 is 0 Å². The topological polar surface area (TPSA) is 26.0 Å². The Bertz CT molecular complexity index is 165. The lowest BCUT2D eigenvalue weighted by molar-refractivity contribution is 0.187. The van der Waals surface area contributed by atoms with Crippen molar-refractivity contribution in [3.63, 3.8) is 0 Å². The lowest BCUT2D eigenvalue weighted by atomic mass is 9.72. The largest absolute Gasteiger partial charge is 0.325 e. The van der Waals surface area contributed by atoms with Crippen LogP contribution in [-0.2, 0) is 0 Å². The summed E-state index contributed by atoms with van der Waals surface area (Å²) in [5.41, 5.74) is 6.74. The van der Waals surface area contributed by atoms with Crippen LogP contribution in [0.4, 0.5) is 0 Å². The van der Waals surface area contributed by atoms with Crippen molar-refractivity contribution in [2.24, 2.45) is 17.6 Å². The van der Waals surface area contributed by atoms with E-state index in [1.807, 2.05) is 0 Å². The summed E-state index contributed by atoms with van der Waals surface area (Å²) in [4.78, 5) is 0. The fraction of sp³-hybridized carbons (Fsp3) is 1.00. The first-order chi connectivity index (χ1) is 7.09. The van der Waals surface area contributed by atoms with Gasteiger partial charge in [-0.15, -0.1) is 0 Å². The lowest BCUT2D eigenvalue weighted by Gasteiger charge is -2.38. The van der Waals surface area contributed by atoms with Gasteiger partial charge in [-0.05, 0) is 31.1 Å². The molecule has 0 bridgehead atoms. The molecule has 15 heavy (non-hydrogen) atoms. The Morgan fingerprint density at radius 1 is 1.33 bits per heavy atom. The van der Waals surface area contributed by atoms with Crippen molar-refractivity contribution in [1.29, 1.82) is 0 Å². The lowest BCUT2D eigenvalue weighted by Crippen LogP contribution is -2.44. The van der Waals surface area contributed by atoms with Crippen LogP contribution in [0.5, 0.6) is 0 Å². The molecule has 0 amide bonds. The van der Waals surface area contributed by atoms with Gasteiger partial charge in [-0.25, -0.2) is 0 Å². The zero-order valence-electron chi connectivity index (χ0n) is 10.9. The summed E-state index contributed by atoms with van der Waals surface area (Å²) in [6, 6.07) is 0. The molecule has 0 spiro atoms. The van der Waals surface area contributed by atoms with E-state index in [1.165, 1.54) is 51.4 Å². The molecule has 1 fully saturated rings. The maximum absolute atomic E-state index is 6.60. The summed E-state index contributed by atoms with van der Waals surface area (Å²) in [6.07, 6.45) is 10.5. The molecule has 0 radical (unpaired) electrons. The third kappa shape index (κ3) is 4.14. The summed E-state index contributed by atoms with van der Waals surface area (Å²) >= 11 is 0. The zero-order chi connectivity index (χ0) is 11.3. The molecule has 1 heteroatoms. The fourth-order valence-corrected chi connectivity index (χ4v) is 2.90. The summed E-state index contributed by atoms with van der Waals surface area (Å²) in [5.74, 6) is 1.74. The van der Waals surface area contributed by atoms with Gasteiger partial charge in [-0.3, -0.25) is 0 Å². The van der Waals surface area contributed by atoms with Crippen molar-refractivity contribution in [3.8, 4) is 0 Å². The molecular formula is C14H29N. The van der Waals surface area contributed by atoms with E-state index < -0.39 is 0 Å². The van der Waals surface area contributed by atoms with Gasteiger partial charge < -0.3 is 5.73 Å². The molecule has 1 nitrogen and oxygen atoms in total. The molecule has 0 saturated heterocycles. The smallest absolute Gasteiger partial charge is 0.0159 e. The monoisotopic (exact) mass is 211 g/mol. The molecule has 0 aromatic rings. The Hall–Kier alpha value is -0.0400. The van der Waals surface area contributed by atoms with E-state index in [-0.39, 0.29) is 5.54 Å². The van der Waals surface area contributed by atoms with Crippen LogP contribution < -0.4 is 5.73 Å². The van der Waals surface area contributed by atoms with Crippen LogP contribution >= 0.6 is 0 Å². The van der Waals surface area contributed by atoms with Crippen molar-refractivity contribution >= 4 is 0 Å². The highest BCUT2D eigenvalue weighted by atomic mass is 14.7. The van der Waals surface area contributed by atoms with Crippen LogP contribution in [0.3, 0.4) is 0 Å². The molecule has 0 aliphatic heterocycles. The SMILES string of the molecule is CCCC(N)(CC(C)CC)CC1CCC1. The normalized spacial score (nSPS) is 23.2. The first-order valence-corrected chi connectivity index (χ1v) is 6.88. The van der Waals surface area contributed by atoms with Crippen LogP contribution in [0.15, 0.2) is 0 Å². The van der Waals surface area contributed by atoms with E-state index in [1.54, 1.807) is 0 Å². The van der Waals surface area contributed by atoms with Gasteiger partial charge in [0.05, 0.1) is 0 Å². The minimum absolute atomic E-state index is 0.148. The van der Waals surface area contributed by atoms with Crippen molar-refractivity contribution in [2.75, 3.05) is 0 Å². The van der Waals surface area contributed by atoms with Crippen LogP contribution in [0.1, 0.15) is 72.1 Å². The Morgan fingerprint density at radius 2 is 2.00 bits per heavy atom. The van der Waals surface area contributed by atoms with Crippen LogP contribution in [0.2, 0.25) is 0 Å². The predicted octanol–water partition coefficient (Wildman–Crippen LogP) is 4.11. The van der Waals surface area contributed by atoms with E-state index in [0.717, 1.165) is 11.8 Å². The number of hydrogen-bond acceptors (Lipinski definition) is 1. The van der Waals surface area contributed by atoms with Crippen LogP contribution in [-0.4, -0.2) is 5.54 Å². The van der Waals surface area contributed by atoms with Crippen molar-refractivity contribution in [3.05, 3.63) is 0 Å². The van der Waals surface area contributed by atoms with Crippen molar-refractivity contribution < 1.29 is 0 Å². The number of nitrogens with two attached hydrogens (primary N) is 1. The van der Waals surface area contributed by atoms with Gasteiger partial charge in [0.2, 0.25) is 0 Å². The first kappa shape index (κ1) is 13.0. The molecular weight excluding hydrogens is 182 g/mol. The number of rotatable bonds is 7. The number of hydrogen-bond donors (Lipinski definition) is 1. The van der Waals surface area contributed by atoms with Crippen LogP contribution in [0.25, 0.3) is 0 Å². The summed E-state index contributed by atoms with van der Waals surface area (Å²) in [5, 5.41) is 0. The van der Waals surface area contributed by atoms with E-state index in [2.05, 4.69) is 20.8 Å². The van der Waals surface area contributed by atoms with E-state index in [9.17, 15) is 0 Å². The molecule has 1 rings (SSSR count). The maximum atomic E-state index is 6.60. The first-order valence-electron chi connectivity index (χ1n) is 6.88. The molecule has 0 aromatic heterocycles. The minimum atomic E-state index is 0.148. The molecule has 2 N–H and O–H groups in total. The molecule has 2 atom stereocenters. The van der Waals surface area contributed by atoms with Crippen LogP contribution in [0, 0.1) is 11.8 Å². The molecule has 0 aromatic carbocycles. The second-order valence-corrected chi connectivity index (χ2v) is 5.83. The van der Waals surface area contributed by atoms with Crippen molar-refractivity contribution in [1.82, 2.24) is 0 Å². The Balaban J connectivity index is 2.43. The highest BCUT2D eigenvalue weighted by Crippen LogP contribution is 2.37. The average molecular weight is 211 g/mol. The molecule has 0 heterocycles. The van der Waals surface area contributed by atoms with Gasteiger partial charge in [0.15, 0.2) is 0 Å². The third-order valence-electron chi connectivity index (χ3n) is 4.12. The standard InChI is InChI=1S/C14H29N/c1-4-9-14(15,10-12(3)5-2)11-13-7-6-8-13/h12-13H,4-11,15H2,1-3H3. The molecule has 1 saturated carbocycles. The fourth-order valence-electron chi connectivity index (χ4n) is 2.90. The molecule has 90 valence electrons. The van der Waals surface area contributed by atoms with E-state index in [4.69, 9.17) is 5.73 Å². The van der Waals surface area contributed by atoms with E-state index >= 15 is 0 Å². The van der Waals surface area contributed by atoms with Gasteiger partial charge in [0.25, 0.3) is 0 Å². The highest BCUT2D eigenvalue weighted by molar-refractivity contribution is 4.89. The minimum Gasteiger partial charge on any atom is -0.325 e. The van der Waals surface area contributed by atoms with Gasteiger partial charge in [0.1, 0.15) is 0 Å². The van der Waals surface area contributed by atoms with E-state index in [0.29, 0.717) is 0 Å². The second-order valence-electron chi connectivity index (χ2n) is 5.83. The zero-order valence-corrected chi connectivity index (χ0v) is 10.9. The van der Waals surface area contributed by atoms with Crippen molar-refractivity contribution in [2.45, 2.75) is 77.7 Å². The maximum Gasteiger partial charge on any atom is 0.0159 e. The molecule has 1 aliphatic rings. The third-order valence-corrected chi connectivity index (χ3v) is 4.12. The quantitative estimate of drug-likeness (QED) is 0.674. The average Bonchev–Trinajstić information content (AvgIpc) is 2.12.